The zero-order chi connectivity index (χ0) is 44.0. The van der Waals surface area contributed by atoms with E-state index in [4.69, 9.17) is 19.3 Å². The van der Waals surface area contributed by atoms with Crippen molar-refractivity contribution in [2.45, 2.75) is 117 Å². The number of hydrogen-bond donors (Lipinski definition) is 6. The molecule has 1 aromatic carbocycles. The molecule has 2 aromatic rings. The Labute approximate surface area is 353 Å². The lowest BCUT2D eigenvalue weighted by molar-refractivity contribution is -0.139. The maximum atomic E-state index is 12.7. The molecular weight excluding hydrogens is 778 g/mol. The number of hydrogen-bond acceptors (Lipinski definition) is 11. The van der Waals surface area contributed by atoms with Gasteiger partial charge in [0.1, 0.15) is 6.04 Å². The van der Waals surface area contributed by atoms with Crippen LogP contribution in [0, 0.1) is 5.41 Å². The van der Waals surface area contributed by atoms with Crippen LogP contribution in [0.25, 0.3) is 0 Å². The van der Waals surface area contributed by atoms with Crippen LogP contribution in [0.5, 0.6) is 0 Å². The van der Waals surface area contributed by atoms with Gasteiger partial charge in [-0.2, -0.15) is 0 Å². The van der Waals surface area contributed by atoms with E-state index in [2.05, 4.69) is 31.6 Å². The summed E-state index contributed by atoms with van der Waals surface area (Å²) in [4.78, 5) is 71.0. The number of carboxylic acid groups (broad SMARTS) is 2. The topological polar surface area (TPSA) is 249 Å². The number of aliphatic carboxylic acids is 2. The number of benzene rings is 1. The molecule has 0 bridgehead atoms. The molecule has 336 valence electrons. The second-order valence-corrected chi connectivity index (χ2v) is 15.7. The van der Waals surface area contributed by atoms with E-state index in [0.717, 1.165) is 44.2 Å². The molecule has 0 unspecified atom stereocenters. The van der Waals surface area contributed by atoms with Crippen LogP contribution in [0.2, 0.25) is 0 Å². The number of ether oxygens (including phenoxy) is 3. The molecule has 0 spiro atoms. The number of carboxylic acids is 2. The molecule has 18 heteroatoms. The quantitative estimate of drug-likeness (QED) is 0.0428. The third kappa shape index (κ3) is 25.5. The number of rotatable bonds is 34. The molecule has 60 heavy (non-hydrogen) atoms. The third-order valence-electron chi connectivity index (χ3n) is 9.01. The lowest BCUT2D eigenvalue weighted by Crippen LogP contribution is -2.46. The first-order chi connectivity index (χ1) is 28.7. The minimum Gasteiger partial charge on any atom is -0.481 e. The highest BCUT2D eigenvalue weighted by molar-refractivity contribution is 5.98. The molecular formula is C42H67N7O11. The summed E-state index contributed by atoms with van der Waals surface area (Å²) in [5, 5.41) is 37.0. The number of amides is 4. The zero-order valence-electron chi connectivity index (χ0n) is 35.6. The van der Waals surface area contributed by atoms with Crippen molar-refractivity contribution in [3.05, 3.63) is 47.3 Å². The Morgan fingerprint density at radius 2 is 1.32 bits per heavy atom. The molecule has 2 rings (SSSR count). The summed E-state index contributed by atoms with van der Waals surface area (Å²) >= 11 is 0. The Morgan fingerprint density at radius 3 is 1.97 bits per heavy atom. The number of urea groups is 1. The van der Waals surface area contributed by atoms with E-state index >= 15 is 0 Å². The number of nitrogens with one attached hydrogen (secondary N) is 4. The van der Waals surface area contributed by atoms with Crippen molar-refractivity contribution in [1.82, 2.24) is 36.3 Å². The van der Waals surface area contributed by atoms with Crippen LogP contribution in [0.1, 0.15) is 124 Å². The smallest absolute Gasteiger partial charge is 0.326 e. The molecule has 0 saturated carbocycles. The van der Waals surface area contributed by atoms with Crippen molar-refractivity contribution < 1.29 is 53.2 Å². The minimum absolute atomic E-state index is 0.0169. The van der Waals surface area contributed by atoms with Gasteiger partial charge in [0.15, 0.2) is 5.78 Å². The van der Waals surface area contributed by atoms with Gasteiger partial charge in [0.25, 0.3) is 5.91 Å². The lowest BCUT2D eigenvalue weighted by Gasteiger charge is -2.17. The van der Waals surface area contributed by atoms with Crippen molar-refractivity contribution in [2.24, 2.45) is 5.41 Å². The molecule has 1 aromatic heterocycles. The molecule has 0 fully saturated rings. The fraction of sp³-hybridized carbons (Fsp3) is 0.667. The molecule has 18 nitrogen and oxygen atoms in total. The molecule has 6 N–H and O–H groups in total. The predicted octanol–water partition coefficient (Wildman–Crippen LogP) is 4.16. The third-order valence-corrected chi connectivity index (χ3v) is 9.01. The molecule has 0 aliphatic carbocycles. The molecule has 0 saturated heterocycles. The summed E-state index contributed by atoms with van der Waals surface area (Å²) in [7, 11) is 0. The summed E-state index contributed by atoms with van der Waals surface area (Å²) in [5.41, 5.74) is 1.89. The highest BCUT2D eigenvalue weighted by Gasteiger charge is 2.19. The fourth-order valence-corrected chi connectivity index (χ4v) is 5.85. The van der Waals surface area contributed by atoms with E-state index in [1.807, 2.05) is 27.0 Å². The average molecular weight is 846 g/mol. The Kier molecular flexibility index (Phi) is 25.7. The van der Waals surface area contributed by atoms with Crippen LogP contribution in [0.4, 0.5) is 4.79 Å². The van der Waals surface area contributed by atoms with Gasteiger partial charge in [-0.3, -0.25) is 23.9 Å². The van der Waals surface area contributed by atoms with Gasteiger partial charge >= 0.3 is 18.0 Å². The highest BCUT2D eigenvalue weighted by atomic mass is 16.5. The molecule has 0 aliphatic rings. The first kappa shape index (κ1) is 51.2. The molecule has 1 atom stereocenters. The van der Waals surface area contributed by atoms with E-state index in [-0.39, 0.29) is 48.8 Å². The second kappa shape index (κ2) is 30.1. The van der Waals surface area contributed by atoms with E-state index in [1.165, 1.54) is 0 Å². The Hall–Kier alpha value is -4.94. The van der Waals surface area contributed by atoms with Crippen molar-refractivity contribution in [3.8, 4) is 0 Å². The molecule has 0 aliphatic heterocycles. The SMILES string of the molecule is CC(C)(C)CC(=O)NCCOCCOCCOCCNC(=O)c1ccc(C(=O)CCCCCCCc2cn(CCCC[C@H](NC(=O)NCCCC(=O)O)C(=O)O)nn2)cc1. The number of aromatic nitrogens is 3. The minimum atomic E-state index is -1.14. The average Bonchev–Trinajstić information content (AvgIpc) is 3.65. The summed E-state index contributed by atoms with van der Waals surface area (Å²) in [5.74, 6) is -2.27. The van der Waals surface area contributed by atoms with Crippen molar-refractivity contribution in [2.75, 3.05) is 59.3 Å². The number of carbonyl (C=O) groups is 6. The predicted molar refractivity (Wildman–Crippen MR) is 223 cm³/mol. The van der Waals surface area contributed by atoms with Gasteiger partial charge in [0, 0.05) is 62.8 Å². The van der Waals surface area contributed by atoms with E-state index in [0.29, 0.717) is 96.1 Å². The standard InChI is InChI=1S/C42H67N7O11/c1-42(2,3)30-37(51)43-21-24-58-26-28-60-29-27-59-25-22-44-39(54)33-18-16-32(17-19-33)36(50)14-8-6-4-5-7-12-34-31-49(48-47-34)23-10-9-13-35(40(55)56)46-41(57)45-20-11-15-38(52)53/h16-19,31,35H,4-15,20-30H2,1-3H3,(H,43,51)(H,44,54)(H,52,53)(H,55,56)(H2,45,46,57)/t35-/m0/s1. The summed E-state index contributed by atoms with van der Waals surface area (Å²) < 4.78 is 18.2. The van der Waals surface area contributed by atoms with Crippen molar-refractivity contribution >= 4 is 35.6 Å². The van der Waals surface area contributed by atoms with E-state index < -0.39 is 24.0 Å². The Morgan fingerprint density at radius 1 is 0.700 bits per heavy atom. The number of unbranched alkanes of at least 4 members (excludes halogenated alkanes) is 5. The number of ketones is 1. The lowest BCUT2D eigenvalue weighted by atomic mass is 9.92. The summed E-state index contributed by atoms with van der Waals surface area (Å²) in [6.07, 6.45) is 9.86. The number of aryl methyl sites for hydroxylation is 2. The van der Waals surface area contributed by atoms with Gasteiger partial charge < -0.3 is 45.7 Å². The second-order valence-electron chi connectivity index (χ2n) is 15.7. The maximum Gasteiger partial charge on any atom is 0.326 e. The van der Waals surface area contributed by atoms with Crippen LogP contribution >= 0.6 is 0 Å². The van der Waals surface area contributed by atoms with Gasteiger partial charge in [-0.05, 0) is 62.5 Å². The molecule has 0 radical (unpaired) electrons. The van der Waals surface area contributed by atoms with Gasteiger partial charge in [-0.25, -0.2) is 9.59 Å². The first-order valence-corrected chi connectivity index (χ1v) is 21.0. The highest BCUT2D eigenvalue weighted by Crippen LogP contribution is 2.17. The normalized spacial score (nSPS) is 11.8. The largest absolute Gasteiger partial charge is 0.481 e. The molecule has 4 amide bonds. The van der Waals surface area contributed by atoms with Gasteiger partial charge in [-0.1, -0.05) is 57.4 Å². The van der Waals surface area contributed by atoms with Crippen molar-refractivity contribution in [1.29, 1.82) is 0 Å². The van der Waals surface area contributed by atoms with Gasteiger partial charge in [-0.15, -0.1) is 5.10 Å². The maximum absolute atomic E-state index is 12.7. The number of carbonyl (C=O) groups excluding carboxylic acids is 4. The van der Waals surface area contributed by atoms with Gasteiger partial charge in [0.2, 0.25) is 5.91 Å². The summed E-state index contributed by atoms with van der Waals surface area (Å²) in [6, 6.07) is 5.00. The first-order valence-electron chi connectivity index (χ1n) is 21.0. The van der Waals surface area contributed by atoms with E-state index in [1.54, 1.807) is 28.9 Å². The van der Waals surface area contributed by atoms with Gasteiger partial charge in [0.05, 0.1) is 45.3 Å². The van der Waals surface area contributed by atoms with Crippen LogP contribution in [-0.4, -0.2) is 126 Å². The van der Waals surface area contributed by atoms with Crippen LogP contribution < -0.4 is 21.3 Å². The zero-order valence-corrected chi connectivity index (χ0v) is 35.6. The van der Waals surface area contributed by atoms with Crippen LogP contribution in [-0.2, 0) is 41.6 Å². The van der Waals surface area contributed by atoms with E-state index in [9.17, 15) is 33.9 Å². The van der Waals surface area contributed by atoms with Crippen LogP contribution in [0.15, 0.2) is 30.5 Å². The Bertz CT molecular complexity index is 1580. The fourth-order valence-electron chi connectivity index (χ4n) is 5.85. The van der Waals surface area contributed by atoms with Crippen molar-refractivity contribution in [3.63, 3.8) is 0 Å². The number of nitrogens with zero attached hydrogens (tertiary/aromatic N) is 3. The van der Waals surface area contributed by atoms with Crippen LogP contribution in [0.3, 0.4) is 0 Å². The molecule has 1 heterocycles. The monoisotopic (exact) mass is 845 g/mol. The number of Topliss-reactive ketones (excluding diaryl/α,β-unsaturated/α-hetero) is 1. The Balaban J connectivity index is 1.46. The summed E-state index contributed by atoms with van der Waals surface area (Å²) in [6.45, 7) is 9.97.